The Balaban J connectivity index is 2.28. The van der Waals surface area contributed by atoms with E-state index in [0.717, 1.165) is 4.47 Å². The van der Waals surface area contributed by atoms with Crippen LogP contribution in [-0.2, 0) is 6.42 Å². The van der Waals surface area contributed by atoms with Crippen LogP contribution in [0.1, 0.15) is 38.2 Å². The topological polar surface area (TPSA) is 0 Å². The molecule has 0 aliphatic heterocycles. The van der Waals surface area contributed by atoms with Crippen molar-refractivity contribution < 1.29 is 0 Å². The second-order valence-electron chi connectivity index (χ2n) is 3.34. The standard InChI is InChI=1S/C12H16Br/c1-2-3-4-5-7-11-8-6-9-12(13)10-11/h6,9-10H,2-5,7H2,1H3. The summed E-state index contributed by atoms with van der Waals surface area (Å²) in [6.45, 7) is 2.24. The second-order valence-corrected chi connectivity index (χ2v) is 4.26. The first-order valence-electron chi connectivity index (χ1n) is 4.99. The highest BCUT2D eigenvalue weighted by molar-refractivity contribution is 9.10. The number of hydrogen-bond donors (Lipinski definition) is 0. The lowest BCUT2D eigenvalue weighted by Gasteiger charge is -2.00. The molecule has 0 atom stereocenters. The van der Waals surface area contributed by atoms with Crippen LogP contribution in [0.3, 0.4) is 0 Å². The molecule has 0 saturated carbocycles. The summed E-state index contributed by atoms with van der Waals surface area (Å²) in [7, 11) is 0. The van der Waals surface area contributed by atoms with Crippen molar-refractivity contribution in [1.82, 2.24) is 0 Å². The Labute approximate surface area is 89.5 Å². The molecule has 71 valence electrons. The molecule has 1 heteroatoms. The molecule has 0 aliphatic rings. The number of unbranched alkanes of at least 4 members (excludes halogenated alkanes) is 3. The molecule has 0 bridgehead atoms. The third-order valence-corrected chi connectivity index (χ3v) is 2.62. The number of hydrogen-bond acceptors (Lipinski definition) is 0. The van der Waals surface area contributed by atoms with Crippen LogP contribution >= 0.6 is 15.9 Å². The van der Waals surface area contributed by atoms with E-state index >= 15 is 0 Å². The van der Waals surface area contributed by atoms with Crippen LogP contribution in [0, 0.1) is 6.07 Å². The van der Waals surface area contributed by atoms with E-state index in [-0.39, 0.29) is 0 Å². The van der Waals surface area contributed by atoms with E-state index in [1.54, 1.807) is 0 Å². The van der Waals surface area contributed by atoms with Gasteiger partial charge in [-0.25, -0.2) is 0 Å². The van der Waals surface area contributed by atoms with Gasteiger partial charge in [0.2, 0.25) is 0 Å². The molecule has 0 fully saturated rings. The lowest BCUT2D eigenvalue weighted by atomic mass is 10.1. The van der Waals surface area contributed by atoms with Gasteiger partial charge in [-0.2, -0.15) is 0 Å². The highest BCUT2D eigenvalue weighted by Crippen LogP contribution is 2.13. The maximum atomic E-state index is 3.46. The Morgan fingerprint density at radius 2 is 2.15 bits per heavy atom. The van der Waals surface area contributed by atoms with Gasteiger partial charge in [-0.05, 0) is 36.6 Å². The molecule has 0 aliphatic carbocycles. The highest BCUT2D eigenvalue weighted by atomic mass is 79.9. The Morgan fingerprint density at radius 1 is 1.31 bits per heavy atom. The molecule has 0 N–H and O–H groups in total. The number of halogens is 1. The van der Waals surface area contributed by atoms with Gasteiger partial charge < -0.3 is 0 Å². The van der Waals surface area contributed by atoms with Gasteiger partial charge in [-0.3, -0.25) is 0 Å². The summed E-state index contributed by atoms with van der Waals surface area (Å²) in [5, 5.41) is 0. The molecular weight excluding hydrogens is 224 g/mol. The van der Waals surface area contributed by atoms with Crippen molar-refractivity contribution in [3.05, 3.63) is 34.3 Å². The number of aryl methyl sites for hydroxylation is 1. The smallest absolute Gasteiger partial charge is 0.0178 e. The minimum atomic E-state index is 1.16. The molecule has 1 rings (SSSR count). The van der Waals surface area contributed by atoms with Gasteiger partial charge in [0.1, 0.15) is 0 Å². The third kappa shape index (κ3) is 4.47. The van der Waals surface area contributed by atoms with Crippen molar-refractivity contribution in [3.63, 3.8) is 0 Å². The maximum absolute atomic E-state index is 3.46. The summed E-state index contributed by atoms with van der Waals surface area (Å²) in [6, 6.07) is 9.42. The van der Waals surface area contributed by atoms with E-state index in [2.05, 4.69) is 35.0 Å². The average molecular weight is 240 g/mol. The van der Waals surface area contributed by atoms with Crippen LogP contribution in [0.25, 0.3) is 0 Å². The minimum absolute atomic E-state index is 1.16. The van der Waals surface area contributed by atoms with Crippen LogP contribution in [-0.4, -0.2) is 0 Å². The second kappa shape index (κ2) is 6.20. The summed E-state index contributed by atoms with van der Waals surface area (Å²) < 4.78 is 1.16. The molecule has 0 heterocycles. The molecule has 0 amide bonds. The molecule has 13 heavy (non-hydrogen) atoms. The van der Waals surface area contributed by atoms with E-state index < -0.39 is 0 Å². The SMILES string of the molecule is CCCCCCc1[c]ccc(Br)c1. The van der Waals surface area contributed by atoms with Crippen LogP contribution in [0.2, 0.25) is 0 Å². The zero-order valence-corrected chi connectivity index (χ0v) is 9.73. The normalized spacial score (nSPS) is 10.3. The zero-order chi connectivity index (χ0) is 9.52. The van der Waals surface area contributed by atoms with Gasteiger partial charge in [0.25, 0.3) is 0 Å². The van der Waals surface area contributed by atoms with Gasteiger partial charge in [-0.15, -0.1) is 0 Å². The lowest BCUT2D eigenvalue weighted by Crippen LogP contribution is -1.85. The molecule has 1 aromatic carbocycles. The third-order valence-electron chi connectivity index (χ3n) is 2.12. The first-order chi connectivity index (χ1) is 6.33. The van der Waals surface area contributed by atoms with Crippen LogP contribution < -0.4 is 0 Å². The molecule has 1 radical (unpaired) electrons. The molecule has 0 spiro atoms. The van der Waals surface area contributed by atoms with Crippen molar-refractivity contribution in [1.29, 1.82) is 0 Å². The lowest BCUT2D eigenvalue weighted by molar-refractivity contribution is 0.666. The quantitative estimate of drug-likeness (QED) is 0.670. The fourth-order valence-corrected chi connectivity index (χ4v) is 1.78. The van der Waals surface area contributed by atoms with Gasteiger partial charge in [0.05, 0.1) is 0 Å². The van der Waals surface area contributed by atoms with E-state index in [0.29, 0.717) is 0 Å². The first kappa shape index (κ1) is 10.8. The largest absolute Gasteiger partial charge is 0.0654 e. The van der Waals surface area contributed by atoms with Gasteiger partial charge in [0, 0.05) is 4.47 Å². The predicted molar refractivity (Wildman–Crippen MR) is 60.8 cm³/mol. The van der Waals surface area contributed by atoms with E-state index in [1.165, 1.54) is 37.7 Å². The van der Waals surface area contributed by atoms with Gasteiger partial charge in [-0.1, -0.05) is 48.2 Å². The Morgan fingerprint density at radius 3 is 2.85 bits per heavy atom. The van der Waals surface area contributed by atoms with Crippen LogP contribution in [0.4, 0.5) is 0 Å². The maximum Gasteiger partial charge on any atom is 0.0178 e. The zero-order valence-electron chi connectivity index (χ0n) is 8.15. The Bertz CT molecular complexity index is 243. The fraction of sp³-hybridized carbons (Fsp3) is 0.500. The van der Waals surface area contributed by atoms with E-state index in [1.807, 2.05) is 12.1 Å². The summed E-state index contributed by atoms with van der Waals surface area (Å²) in [6.07, 6.45) is 6.47. The summed E-state index contributed by atoms with van der Waals surface area (Å²) in [5.74, 6) is 0. The fourth-order valence-electron chi connectivity index (χ4n) is 1.37. The number of benzene rings is 1. The van der Waals surface area contributed by atoms with Crippen molar-refractivity contribution in [2.75, 3.05) is 0 Å². The summed E-state index contributed by atoms with van der Waals surface area (Å²) in [4.78, 5) is 0. The molecule has 0 saturated heterocycles. The average Bonchev–Trinajstić information content (AvgIpc) is 2.13. The predicted octanol–water partition coefficient (Wildman–Crippen LogP) is 4.37. The van der Waals surface area contributed by atoms with E-state index in [9.17, 15) is 0 Å². The minimum Gasteiger partial charge on any atom is -0.0654 e. The van der Waals surface area contributed by atoms with Gasteiger partial charge in [0.15, 0.2) is 0 Å². The molecule has 0 nitrogen and oxygen atoms in total. The van der Waals surface area contributed by atoms with Crippen molar-refractivity contribution in [3.8, 4) is 0 Å². The Kier molecular flexibility index (Phi) is 5.14. The monoisotopic (exact) mass is 239 g/mol. The molecule has 0 unspecified atom stereocenters. The van der Waals surface area contributed by atoms with Crippen molar-refractivity contribution >= 4 is 15.9 Å². The number of rotatable bonds is 5. The van der Waals surface area contributed by atoms with E-state index in [4.69, 9.17) is 0 Å². The van der Waals surface area contributed by atoms with Gasteiger partial charge >= 0.3 is 0 Å². The summed E-state index contributed by atoms with van der Waals surface area (Å²) >= 11 is 3.46. The van der Waals surface area contributed by atoms with Crippen LogP contribution in [0.15, 0.2) is 22.7 Å². The Hall–Kier alpha value is -0.300. The molecule has 0 aromatic heterocycles. The van der Waals surface area contributed by atoms with Crippen molar-refractivity contribution in [2.45, 2.75) is 39.0 Å². The molecule has 1 aromatic rings. The molecular formula is C12H16Br. The first-order valence-corrected chi connectivity index (χ1v) is 5.78. The van der Waals surface area contributed by atoms with Crippen LogP contribution in [0.5, 0.6) is 0 Å². The van der Waals surface area contributed by atoms with Crippen molar-refractivity contribution in [2.24, 2.45) is 0 Å². The highest BCUT2D eigenvalue weighted by Gasteiger charge is 1.94. The summed E-state index contributed by atoms with van der Waals surface area (Å²) in [5.41, 5.74) is 1.32.